The molecule has 0 atom stereocenters. The number of rotatable bonds is 6. The maximum atomic E-state index is 12.2. The molecule has 0 aliphatic carbocycles. The van der Waals surface area contributed by atoms with Gasteiger partial charge < -0.3 is 10.2 Å². The number of aryl methyl sites for hydroxylation is 3. The number of carbonyl (C=O) groups excluding carboxylic acids is 1. The maximum absolute atomic E-state index is 12.2. The van der Waals surface area contributed by atoms with Gasteiger partial charge in [0.25, 0.3) is 5.91 Å². The van der Waals surface area contributed by atoms with Gasteiger partial charge in [-0.25, -0.2) is 0 Å². The number of carbonyl (C=O) groups is 1. The minimum atomic E-state index is -0.115. The Bertz CT molecular complexity index is 688. The first-order valence-electron chi connectivity index (χ1n) is 7.93. The average Bonchev–Trinajstić information content (AvgIpc) is 2.85. The van der Waals surface area contributed by atoms with E-state index in [0.717, 1.165) is 24.2 Å². The standard InChI is InChI=1S/C18H26N4O/c1-13-7-8-15(14(2)11-13)17-12-16(20-22(17)5)18(23)19-9-6-10-21(3)4/h7-8,11-12H,6,9-10H2,1-5H3,(H,19,23). The molecule has 1 N–H and O–H groups in total. The van der Waals surface area contributed by atoms with Gasteiger partial charge in [-0.05, 0) is 52.5 Å². The van der Waals surface area contributed by atoms with Gasteiger partial charge in [-0.3, -0.25) is 9.48 Å². The molecule has 2 aromatic rings. The van der Waals surface area contributed by atoms with Crippen molar-refractivity contribution in [1.82, 2.24) is 20.0 Å². The van der Waals surface area contributed by atoms with Gasteiger partial charge in [0.2, 0.25) is 0 Å². The van der Waals surface area contributed by atoms with Crippen LogP contribution >= 0.6 is 0 Å². The molecular formula is C18H26N4O. The van der Waals surface area contributed by atoms with E-state index in [1.807, 2.05) is 27.2 Å². The number of benzene rings is 1. The molecule has 0 aliphatic rings. The SMILES string of the molecule is Cc1ccc(-c2cc(C(=O)NCCCN(C)C)nn2C)c(C)c1. The molecule has 0 bridgehead atoms. The first-order chi connectivity index (χ1) is 10.9. The highest BCUT2D eigenvalue weighted by molar-refractivity contribution is 5.93. The second kappa shape index (κ2) is 7.42. The van der Waals surface area contributed by atoms with E-state index in [-0.39, 0.29) is 5.91 Å². The van der Waals surface area contributed by atoms with Gasteiger partial charge in [0.1, 0.15) is 0 Å². The van der Waals surface area contributed by atoms with Crippen LogP contribution in [-0.4, -0.2) is 47.8 Å². The molecule has 1 aromatic carbocycles. The molecule has 0 spiro atoms. The van der Waals surface area contributed by atoms with E-state index in [9.17, 15) is 4.79 Å². The van der Waals surface area contributed by atoms with Gasteiger partial charge in [-0.1, -0.05) is 23.8 Å². The molecule has 0 saturated heterocycles. The summed E-state index contributed by atoms with van der Waals surface area (Å²) in [5.74, 6) is -0.115. The van der Waals surface area contributed by atoms with Crippen molar-refractivity contribution >= 4 is 5.91 Å². The average molecular weight is 314 g/mol. The van der Waals surface area contributed by atoms with Crippen molar-refractivity contribution in [2.24, 2.45) is 7.05 Å². The minimum absolute atomic E-state index is 0.115. The van der Waals surface area contributed by atoms with Crippen molar-refractivity contribution in [3.63, 3.8) is 0 Å². The Morgan fingerprint density at radius 1 is 1.26 bits per heavy atom. The molecule has 0 radical (unpaired) electrons. The normalized spacial score (nSPS) is 11.0. The van der Waals surface area contributed by atoms with E-state index in [1.54, 1.807) is 4.68 Å². The lowest BCUT2D eigenvalue weighted by Crippen LogP contribution is -2.27. The molecule has 0 aliphatic heterocycles. The Labute approximate surface area is 138 Å². The smallest absolute Gasteiger partial charge is 0.271 e. The maximum Gasteiger partial charge on any atom is 0.271 e. The van der Waals surface area contributed by atoms with Crippen LogP contribution in [-0.2, 0) is 7.05 Å². The van der Waals surface area contributed by atoms with Crippen LogP contribution in [0.15, 0.2) is 24.3 Å². The summed E-state index contributed by atoms with van der Waals surface area (Å²) in [4.78, 5) is 14.3. The van der Waals surface area contributed by atoms with Crippen LogP contribution in [0.25, 0.3) is 11.3 Å². The summed E-state index contributed by atoms with van der Waals surface area (Å²) in [5.41, 5.74) is 4.95. The van der Waals surface area contributed by atoms with Gasteiger partial charge in [-0.2, -0.15) is 5.10 Å². The number of nitrogens with zero attached hydrogens (tertiary/aromatic N) is 3. The molecule has 0 saturated carbocycles. The predicted molar refractivity (Wildman–Crippen MR) is 93.6 cm³/mol. The number of amides is 1. The topological polar surface area (TPSA) is 50.2 Å². The molecule has 0 unspecified atom stereocenters. The number of hydrogen-bond donors (Lipinski definition) is 1. The Morgan fingerprint density at radius 2 is 2.00 bits per heavy atom. The second-order valence-electron chi connectivity index (χ2n) is 6.27. The minimum Gasteiger partial charge on any atom is -0.351 e. The largest absolute Gasteiger partial charge is 0.351 e. The third kappa shape index (κ3) is 4.42. The quantitative estimate of drug-likeness (QED) is 0.833. The van der Waals surface area contributed by atoms with Crippen molar-refractivity contribution in [1.29, 1.82) is 0 Å². The number of aromatic nitrogens is 2. The summed E-state index contributed by atoms with van der Waals surface area (Å²) in [7, 11) is 5.92. The summed E-state index contributed by atoms with van der Waals surface area (Å²) in [6, 6.07) is 8.17. The molecule has 23 heavy (non-hydrogen) atoms. The molecule has 5 heteroatoms. The van der Waals surface area contributed by atoms with Crippen LogP contribution in [0.3, 0.4) is 0 Å². The van der Waals surface area contributed by atoms with Crippen LogP contribution in [0, 0.1) is 13.8 Å². The van der Waals surface area contributed by atoms with Crippen LogP contribution < -0.4 is 5.32 Å². The van der Waals surface area contributed by atoms with Crippen LogP contribution in [0.5, 0.6) is 0 Å². The Balaban J connectivity index is 2.10. The lowest BCUT2D eigenvalue weighted by atomic mass is 10.0. The zero-order valence-electron chi connectivity index (χ0n) is 14.7. The Morgan fingerprint density at radius 3 is 2.65 bits per heavy atom. The molecule has 1 aromatic heterocycles. The van der Waals surface area contributed by atoms with Crippen molar-refractivity contribution < 1.29 is 4.79 Å². The van der Waals surface area contributed by atoms with E-state index in [1.165, 1.54) is 11.1 Å². The molecule has 0 fully saturated rings. The van der Waals surface area contributed by atoms with E-state index in [4.69, 9.17) is 0 Å². The Kier molecular flexibility index (Phi) is 5.55. The van der Waals surface area contributed by atoms with E-state index in [2.05, 4.69) is 47.4 Å². The van der Waals surface area contributed by atoms with Gasteiger partial charge in [0.15, 0.2) is 5.69 Å². The van der Waals surface area contributed by atoms with Gasteiger partial charge in [0.05, 0.1) is 5.69 Å². The highest BCUT2D eigenvalue weighted by Crippen LogP contribution is 2.24. The van der Waals surface area contributed by atoms with E-state index < -0.39 is 0 Å². The van der Waals surface area contributed by atoms with Crippen molar-refractivity contribution in [2.45, 2.75) is 20.3 Å². The lowest BCUT2D eigenvalue weighted by Gasteiger charge is -2.09. The van der Waals surface area contributed by atoms with Crippen molar-refractivity contribution in [3.8, 4) is 11.3 Å². The molecule has 1 amide bonds. The summed E-state index contributed by atoms with van der Waals surface area (Å²) >= 11 is 0. The summed E-state index contributed by atoms with van der Waals surface area (Å²) in [6.45, 7) is 5.77. The molecule has 5 nitrogen and oxygen atoms in total. The van der Waals surface area contributed by atoms with E-state index in [0.29, 0.717) is 12.2 Å². The summed E-state index contributed by atoms with van der Waals surface area (Å²) < 4.78 is 1.77. The highest BCUT2D eigenvalue weighted by atomic mass is 16.1. The highest BCUT2D eigenvalue weighted by Gasteiger charge is 2.14. The molecular weight excluding hydrogens is 288 g/mol. The van der Waals surface area contributed by atoms with Gasteiger partial charge in [-0.15, -0.1) is 0 Å². The molecule has 2 rings (SSSR count). The van der Waals surface area contributed by atoms with Crippen molar-refractivity contribution in [3.05, 3.63) is 41.1 Å². The fourth-order valence-corrected chi connectivity index (χ4v) is 2.62. The van der Waals surface area contributed by atoms with Crippen LogP contribution in [0.1, 0.15) is 28.0 Å². The first-order valence-corrected chi connectivity index (χ1v) is 7.93. The fraction of sp³-hybridized carbons (Fsp3) is 0.444. The van der Waals surface area contributed by atoms with E-state index >= 15 is 0 Å². The zero-order chi connectivity index (χ0) is 17.0. The molecule has 1 heterocycles. The summed E-state index contributed by atoms with van der Waals surface area (Å²) in [5, 5.41) is 7.29. The first kappa shape index (κ1) is 17.2. The zero-order valence-corrected chi connectivity index (χ0v) is 14.7. The van der Waals surface area contributed by atoms with Gasteiger partial charge in [0, 0.05) is 19.2 Å². The van der Waals surface area contributed by atoms with Crippen LogP contribution in [0.4, 0.5) is 0 Å². The molecule has 124 valence electrons. The third-order valence-corrected chi connectivity index (χ3v) is 3.84. The fourth-order valence-electron chi connectivity index (χ4n) is 2.62. The van der Waals surface area contributed by atoms with Gasteiger partial charge >= 0.3 is 0 Å². The predicted octanol–water partition coefficient (Wildman–Crippen LogP) is 2.39. The lowest BCUT2D eigenvalue weighted by molar-refractivity contribution is 0.0946. The number of nitrogens with one attached hydrogen (secondary N) is 1. The second-order valence-corrected chi connectivity index (χ2v) is 6.27. The number of hydrogen-bond acceptors (Lipinski definition) is 3. The summed E-state index contributed by atoms with van der Waals surface area (Å²) in [6.07, 6.45) is 0.926. The van der Waals surface area contributed by atoms with Crippen molar-refractivity contribution in [2.75, 3.05) is 27.2 Å². The third-order valence-electron chi connectivity index (χ3n) is 3.84. The monoisotopic (exact) mass is 314 g/mol. The Hall–Kier alpha value is -2.14. The van der Waals surface area contributed by atoms with Crippen LogP contribution in [0.2, 0.25) is 0 Å².